The van der Waals surface area contributed by atoms with E-state index in [1.807, 2.05) is 18.2 Å². The fourth-order valence-electron chi connectivity index (χ4n) is 3.62. The van der Waals surface area contributed by atoms with E-state index in [1.54, 1.807) is 0 Å². The van der Waals surface area contributed by atoms with Crippen molar-refractivity contribution in [3.63, 3.8) is 0 Å². The van der Waals surface area contributed by atoms with Crippen molar-refractivity contribution in [3.05, 3.63) is 33.8 Å². The fraction of sp³-hybridized carbons (Fsp3) is 0.562. The van der Waals surface area contributed by atoms with Crippen LogP contribution in [0.4, 0.5) is 0 Å². The van der Waals surface area contributed by atoms with E-state index < -0.39 is 0 Å². The zero-order valence-electron chi connectivity index (χ0n) is 11.8. The Kier molecular flexibility index (Phi) is 4.13. The second-order valence-electron chi connectivity index (χ2n) is 5.94. The van der Waals surface area contributed by atoms with Gasteiger partial charge in [-0.05, 0) is 42.4 Å². The van der Waals surface area contributed by atoms with Crippen molar-refractivity contribution in [1.82, 2.24) is 4.90 Å². The van der Waals surface area contributed by atoms with Gasteiger partial charge in [0.15, 0.2) is 0 Å². The minimum absolute atomic E-state index is 0.284. The highest BCUT2D eigenvalue weighted by Crippen LogP contribution is 2.38. The Hall–Kier alpha value is -0.870. The minimum atomic E-state index is -0.284. The van der Waals surface area contributed by atoms with E-state index in [9.17, 15) is 4.79 Å². The molecule has 3 rings (SSSR count). The molecule has 1 saturated carbocycles. The van der Waals surface area contributed by atoms with Crippen molar-refractivity contribution in [2.45, 2.75) is 25.8 Å². The number of rotatable bonds is 3. The van der Waals surface area contributed by atoms with Gasteiger partial charge in [0.2, 0.25) is 0 Å². The van der Waals surface area contributed by atoms with Crippen LogP contribution in [0.2, 0.25) is 0 Å². The Balaban J connectivity index is 1.67. The quantitative estimate of drug-likeness (QED) is 0.791. The highest BCUT2D eigenvalue weighted by molar-refractivity contribution is 9.10. The van der Waals surface area contributed by atoms with Crippen molar-refractivity contribution in [2.75, 3.05) is 20.2 Å². The number of esters is 1. The van der Waals surface area contributed by atoms with Crippen molar-refractivity contribution in [2.24, 2.45) is 11.8 Å². The van der Waals surface area contributed by atoms with Gasteiger partial charge in [-0.25, -0.2) is 4.79 Å². The highest BCUT2D eigenvalue weighted by Gasteiger charge is 2.35. The molecule has 1 aromatic rings. The van der Waals surface area contributed by atoms with Gasteiger partial charge in [-0.3, -0.25) is 4.90 Å². The molecular weight excluding hydrogens is 318 g/mol. The molecule has 0 spiro atoms. The number of nitrogens with zero attached hydrogens (tertiary/aromatic N) is 1. The average Bonchev–Trinajstić information content (AvgIpc) is 3.01. The van der Waals surface area contributed by atoms with Crippen LogP contribution in [0.5, 0.6) is 0 Å². The molecule has 108 valence electrons. The molecule has 2 atom stereocenters. The van der Waals surface area contributed by atoms with Crippen LogP contribution < -0.4 is 0 Å². The maximum absolute atomic E-state index is 11.5. The molecule has 0 aromatic heterocycles. The molecule has 1 aliphatic carbocycles. The predicted octanol–water partition coefficient (Wildman–Crippen LogP) is 3.47. The average molecular weight is 338 g/mol. The summed E-state index contributed by atoms with van der Waals surface area (Å²) in [5.41, 5.74) is 1.85. The third-order valence-electron chi connectivity index (χ3n) is 4.67. The number of ether oxygens (including phenoxy) is 1. The molecule has 1 aromatic carbocycles. The summed E-state index contributed by atoms with van der Waals surface area (Å²) in [4.78, 5) is 14.0. The predicted molar refractivity (Wildman–Crippen MR) is 81.6 cm³/mol. The molecule has 1 saturated heterocycles. The first-order valence-corrected chi connectivity index (χ1v) is 8.06. The lowest BCUT2D eigenvalue weighted by molar-refractivity contribution is 0.0600. The fourth-order valence-corrected chi connectivity index (χ4v) is 4.13. The summed E-state index contributed by atoms with van der Waals surface area (Å²) in [5.74, 6) is 1.55. The number of carbonyl (C=O) groups is 1. The summed E-state index contributed by atoms with van der Waals surface area (Å²) in [6.45, 7) is 3.43. The monoisotopic (exact) mass is 337 g/mol. The van der Waals surface area contributed by atoms with Crippen LogP contribution in [0.3, 0.4) is 0 Å². The molecule has 2 aliphatic rings. The number of methoxy groups -OCH3 is 1. The van der Waals surface area contributed by atoms with Crippen molar-refractivity contribution < 1.29 is 9.53 Å². The van der Waals surface area contributed by atoms with Gasteiger partial charge in [-0.2, -0.15) is 0 Å². The van der Waals surface area contributed by atoms with E-state index in [1.165, 1.54) is 45.0 Å². The van der Waals surface area contributed by atoms with E-state index in [4.69, 9.17) is 4.74 Å². The van der Waals surface area contributed by atoms with E-state index in [0.717, 1.165) is 22.9 Å². The topological polar surface area (TPSA) is 29.5 Å². The molecule has 0 radical (unpaired) electrons. The third-order valence-corrected chi connectivity index (χ3v) is 5.41. The maximum Gasteiger partial charge on any atom is 0.337 e. The number of fused-ring (bicyclic) bond motifs is 1. The van der Waals surface area contributed by atoms with Crippen molar-refractivity contribution >= 4 is 21.9 Å². The summed E-state index contributed by atoms with van der Waals surface area (Å²) >= 11 is 3.58. The van der Waals surface area contributed by atoms with Crippen molar-refractivity contribution in [3.8, 4) is 0 Å². The number of likely N-dealkylation sites (tertiary alicyclic amines) is 1. The number of hydrogen-bond acceptors (Lipinski definition) is 3. The van der Waals surface area contributed by atoms with Gasteiger partial charge in [0.25, 0.3) is 0 Å². The molecule has 1 aliphatic heterocycles. The zero-order chi connectivity index (χ0) is 14.1. The van der Waals surface area contributed by atoms with E-state index >= 15 is 0 Å². The minimum Gasteiger partial charge on any atom is -0.465 e. The number of halogens is 1. The first-order valence-electron chi connectivity index (χ1n) is 7.26. The summed E-state index contributed by atoms with van der Waals surface area (Å²) in [6, 6.07) is 5.74. The standard InChI is InChI=1S/C16H20BrNO2/c1-20-16(19)11-5-6-14(15(17)7-11)10-18-8-12-3-2-4-13(12)9-18/h5-7,12-13H,2-4,8-10H2,1H3. The molecular formula is C16H20BrNO2. The molecule has 0 N–H and O–H groups in total. The highest BCUT2D eigenvalue weighted by atomic mass is 79.9. The molecule has 2 fully saturated rings. The lowest BCUT2D eigenvalue weighted by Crippen LogP contribution is -2.21. The van der Waals surface area contributed by atoms with Crippen LogP contribution in [0.15, 0.2) is 22.7 Å². The van der Waals surface area contributed by atoms with Crippen LogP contribution >= 0.6 is 15.9 Å². The summed E-state index contributed by atoms with van der Waals surface area (Å²) < 4.78 is 5.74. The van der Waals surface area contributed by atoms with Gasteiger partial charge in [0, 0.05) is 24.1 Å². The van der Waals surface area contributed by atoms with Crippen LogP contribution in [0.1, 0.15) is 35.2 Å². The second kappa shape index (κ2) is 5.86. The van der Waals surface area contributed by atoms with E-state index in [2.05, 4.69) is 20.8 Å². The number of hydrogen-bond donors (Lipinski definition) is 0. The number of benzene rings is 1. The summed E-state index contributed by atoms with van der Waals surface area (Å²) in [7, 11) is 1.41. The Labute approximate surface area is 128 Å². The molecule has 20 heavy (non-hydrogen) atoms. The molecule has 1 heterocycles. The maximum atomic E-state index is 11.5. The third kappa shape index (κ3) is 2.77. The largest absolute Gasteiger partial charge is 0.465 e. The summed E-state index contributed by atoms with van der Waals surface area (Å²) in [5, 5.41) is 0. The Bertz CT molecular complexity index is 505. The normalized spacial score (nSPS) is 25.7. The van der Waals surface area contributed by atoms with Crippen LogP contribution in [-0.4, -0.2) is 31.1 Å². The summed E-state index contributed by atoms with van der Waals surface area (Å²) in [6.07, 6.45) is 4.23. The van der Waals surface area contributed by atoms with Gasteiger partial charge in [0.1, 0.15) is 0 Å². The Morgan fingerprint density at radius 1 is 1.35 bits per heavy atom. The van der Waals surface area contributed by atoms with Gasteiger partial charge in [-0.1, -0.05) is 28.4 Å². The molecule has 2 unspecified atom stereocenters. The first kappa shape index (κ1) is 14.1. The molecule has 0 bridgehead atoms. The van der Waals surface area contributed by atoms with Gasteiger partial charge < -0.3 is 4.74 Å². The smallest absolute Gasteiger partial charge is 0.337 e. The molecule has 3 nitrogen and oxygen atoms in total. The Morgan fingerprint density at radius 3 is 2.65 bits per heavy atom. The van der Waals surface area contributed by atoms with Crippen LogP contribution in [-0.2, 0) is 11.3 Å². The lowest BCUT2D eigenvalue weighted by Gasteiger charge is -2.18. The SMILES string of the molecule is COC(=O)c1ccc(CN2CC3CCCC3C2)c(Br)c1. The molecule has 4 heteroatoms. The van der Waals surface area contributed by atoms with Gasteiger partial charge >= 0.3 is 5.97 Å². The van der Waals surface area contributed by atoms with Crippen molar-refractivity contribution in [1.29, 1.82) is 0 Å². The second-order valence-corrected chi connectivity index (χ2v) is 6.80. The van der Waals surface area contributed by atoms with E-state index in [-0.39, 0.29) is 5.97 Å². The molecule has 0 amide bonds. The van der Waals surface area contributed by atoms with Crippen LogP contribution in [0, 0.1) is 11.8 Å². The number of carbonyl (C=O) groups excluding carboxylic acids is 1. The van der Waals surface area contributed by atoms with Gasteiger partial charge in [0.05, 0.1) is 12.7 Å². The van der Waals surface area contributed by atoms with Crippen LogP contribution in [0.25, 0.3) is 0 Å². The zero-order valence-corrected chi connectivity index (χ0v) is 13.4. The van der Waals surface area contributed by atoms with E-state index in [0.29, 0.717) is 5.56 Å². The first-order chi connectivity index (χ1) is 9.67. The lowest BCUT2D eigenvalue weighted by atomic mass is 10.0. The Morgan fingerprint density at radius 2 is 2.05 bits per heavy atom. The van der Waals surface area contributed by atoms with Gasteiger partial charge in [-0.15, -0.1) is 0 Å².